The number of hydrogen-bond acceptors (Lipinski definition) is 2. The highest BCUT2D eigenvalue weighted by Crippen LogP contribution is 2.61. The van der Waals surface area contributed by atoms with E-state index >= 15 is 0 Å². The van der Waals surface area contributed by atoms with Crippen molar-refractivity contribution >= 4 is 5.97 Å². The number of esters is 1. The second-order valence-corrected chi connectivity index (χ2v) is 7.64. The summed E-state index contributed by atoms with van der Waals surface area (Å²) >= 11 is 0. The lowest BCUT2D eigenvalue weighted by atomic mass is 9.48. The Hall–Kier alpha value is -2.87. The molecule has 3 aromatic carbocycles. The predicted molar refractivity (Wildman–Crippen MR) is 102 cm³/mol. The SMILES string of the molecule is CC(=O)Oc1ccc2c(c1)C1(C)c3ccccc3C2(C)c2ccccc21. The number of rotatable bonds is 1. The summed E-state index contributed by atoms with van der Waals surface area (Å²) in [7, 11) is 0. The van der Waals surface area contributed by atoms with Crippen molar-refractivity contribution in [2.24, 2.45) is 0 Å². The van der Waals surface area contributed by atoms with E-state index in [4.69, 9.17) is 4.74 Å². The standard InChI is InChI=1S/C24H20O2/c1-15(25)26-16-12-13-21-22(14-16)24(3)19-10-6-4-8-17(19)23(21,2)18-9-5-7-11-20(18)24/h4-14H,1-3H3. The fourth-order valence-electron chi connectivity index (χ4n) is 5.18. The van der Waals surface area contributed by atoms with Crippen molar-refractivity contribution in [3.05, 3.63) is 100 Å². The lowest BCUT2D eigenvalue weighted by molar-refractivity contribution is -0.131. The van der Waals surface area contributed by atoms with Crippen LogP contribution >= 0.6 is 0 Å². The third-order valence-corrected chi connectivity index (χ3v) is 6.34. The van der Waals surface area contributed by atoms with Crippen molar-refractivity contribution in [2.45, 2.75) is 31.6 Å². The van der Waals surface area contributed by atoms with Crippen molar-refractivity contribution in [3.63, 3.8) is 0 Å². The van der Waals surface area contributed by atoms with Crippen molar-refractivity contribution in [2.75, 3.05) is 0 Å². The van der Waals surface area contributed by atoms with E-state index in [9.17, 15) is 4.79 Å². The molecule has 0 amide bonds. The van der Waals surface area contributed by atoms with E-state index in [0.717, 1.165) is 0 Å². The quantitative estimate of drug-likeness (QED) is 0.463. The van der Waals surface area contributed by atoms with Gasteiger partial charge in [-0.2, -0.15) is 0 Å². The third kappa shape index (κ3) is 1.65. The van der Waals surface area contributed by atoms with E-state index in [2.05, 4.69) is 74.5 Å². The van der Waals surface area contributed by atoms with Gasteiger partial charge in [0.15, 0.2) is 0 Å². The first kappa shape index (κ1) is 15.4. The number of hydrogen-bond donors (Lipinski definition) is 0. The molecule has 0 aliphatic heterocycles. The van der Waals surface area contributed by atoms with Gasteiger partial charge in [-0.15, -0.1) is 0 Å². The Morgan fingerprint density at radius 3 is 1.58 bits per heavy atom. The van der Waals surface area contributed by atoms with Gasteiger partial charge in [-0.1, -0.05) is 54.6 Å². The monoisotopic (exact) mass is 340 g/mol. The van der Waals surface area contributed by atoms with Gasteiger partial charge in [0.05, 0.1) is 0 Å². The predicted octanol–water partition coefficient (Wildman–Crippen LogP) is 4.95. The van der Waals surface area contributed by atoms with Gasteiger partial charge in [0.2, 0.25) is 0 Å². The zero-order valence-corrected chi connectivity index (χ0v) is 15.2. The van der Waals surface area contributed by atoms with Gasteiger partial charge < -0.3 is 4.74 Å². The Kier molecular flexibility index (Phi) is 2.87. The zero-order valence-electron chi connectivity index (χ0n) is 15.2. The van der Waals surface area contributed by atoms with E-state index in [-0.39, 0.29) is 16.8 Å². The van der Waals surface area contributed by atoms with Gasteiger partial charge in [-0.3, -0.25) is 4.79 Å². The van der Waals surface area contributed by atoms with Crippen LogP contribution in [-0.2, 0) is 15.6 Å². The molecule has 0 aromatic heterocycles. The van der Waals surface area contributed by atoms with Crippen LogP contribution < -0.4 is 4.74 Å². The van der Waals surface area contributed by atoms with Crippen LogP contribution in [0.15, 0.2) is 66.7 Å². The molecule has 2 heteroatoms. The molecule has 128 valence electrons. The van der Waals surface area contributed by atoms with E-state index in [1.165, 1.54) is 40.3 Å². The molecule has 2 bridgehead atoms. The Labute approximate surface area is 153 Å². The molecule has 26 heavy (non-hydrogen) atoms. The molecule has 0 radical (unpaired) electrons. The molecule has 0 fully saturated rings. The highest BCUT2D eigenvalue weighted by Gasteiger charge is 2.54. The smallest absolute Gasteiger partial charge is 0.308 e. The summed E-state index contributed by atoms with van der Waals surface area (Å²) in [6.45, 7) is 6.05. The molecule has 0 atom stereocenters. The first-order valence-corrected chi connectivity index (χ1v) is 9.01. The minimum atomic E-state index is -0.289. The van der Waals surface area contributed by atoms with Crippen LogP contribution in [0.5, 0.6) is 5.75 Å². The van der Waals surface area contributed by atoms with Crippen LogP contribution in [0.3, 0.4) is 0 Å². The Balaban J connectivity index is 1.90. The molecule has 0 saturated carbocycles. The Morgan fingerprint density at radius 2 is 1.12 bits per heavy atom. The maximum Gasteiger partial charge on any atom is 0.308 e. The van der Waals surface area contributed by atoms with E-state index < -0.39 is 0 Å². The topological polar surface area (TPSA) is 26.3 Å². The molecule has 0 unspecified atom stereocenters. The fraction of sp³-hybridized carbons (Fsp3) is 0.208. The zero-order chi connectivity index (χ0) is 18.1. The van der Waals surface area contributed by atoms with Crippen LogP contribution in [-0.4, -0.2) is 5.97 Å². The first-order valence-electron chi connectivity index (χ1n) is 9.01. The van der Waals surface area contributed by atoms with Crippen molar-refractivity contribution in [1.29, 1.82) is 0 Å². The summed E-state index contributed by atoms with van der Waals surface area (Å²) in [4.78, 5) is 11.5. The van der Waals surface area contributed by atoms with Gasteiger partial charge >= 0.3 is 5.97 Å². The van der Waals surface area contributed by atoms with Crippen molar-refractivity contribution in [1.82, 2.24) is 0 Å². The summed E-state index contributed by atoms with van der Waals surface area (Å²) in [5.41, 5.74) is 7.50. The molecule has 0 spiro atoms. The normalized spacial score (nSPS) is 24.4. The highest BCUT2D eigenvalue weighted by molar-refractivity contribution is 5.76. The molecule has 3 aromatic rings. The molecule has 0 saturated heterocycles. The molecule has 3 aliphatic carbocycles. The number of carbonyl (C=O) groups excluding carboxylic acids is 1. The van der Waals surface area contributed by atoms with Crippen molar-refractivity contribution in [3.8, 4) is 5.75 Å². The van der Waals surface area contributed by atoms with Crippen molar-refractivity contribution < 1.29 is 9.53 Å². The van der Waals surface area contributed by atoms with E-state index in [1.807, 2.05) is 6.07 Å². The average molecular weight is 340 g/mol. The molecular weight excluding hydrogens is 320 g/mol. The summed E-state index contributed by atoms with van der Waals surface area (Å²) < 4.78 is 5.40. The average Bonchev–Trinajstić information content (AvgIpc) is 2.65. The van der Waals surface area contributed by atoms with E-state index in [0.29, 0.717) is 5.75 Å². The van der Waals surface area contributed by atoms with Crippen LogP contribution in [0.2, 0.25) is 0 Å². The van der Waals surface area contributed by atoms with Crippen LogP contribution in [0.1, 0.15) is 54.2 Å². The van der Waals surface area contributed by atoms with Gasteiger partial charge in [0, 0.05) is 17.8 Å². The lowest BCUT2D eigenvalue weighted by Crippen LogP contribution is -2.48. The van der Waals surface area contributed by atoms with Crippen LogP contribution in [0.25, 0.3) is 0 Å². The van der Waals surface area contributed by atoms with Gasteiger partial charge in [-0.05, 0) is 59.4 Å². The second-order valence-electron chi connectivity index (χ2n) is 7.64. The highest BCUT2D eigenvalue weighted by atomic mass is 16.5. The van der Waals surface area contributed by atoms with Crippen LogP contribution in [0, 0.1) is 0 Å². The molecule has 3 aliphatic rings. The van der Waals surface area contributed by atoms with Crippen LogP contribution in [0.4, 0.5) is 0 Å². The molecule has 6 rings (SSSR count). The van der Waals surface area contributed by atoms with Gasteiger partial charge in [-0.25, -0.2) is 0 Å². The molecule has 0 heterocycles. The summed E-state index contributed by atoms with van der Waals surface area (Å²) in [6.07, 6.45) is 0. The number of benzene rings is 3. The largest absolute Gasteiger partial charge is 0.427 e. The Morgan fingerprint density at radius 1 is 0.692 bits per heavy atom. The number of carbonyl (C=O) groups is 1. The summed E-state index contributed by atoms with van der Waals surface area (Å²) in [5, 5.41) is 0. The van der Waals surface area contributed by atoms with E-state index in [1.54, 1.807) is 0 Å². The summed E-state index contributed by atoms with van der Waals surface area (Å²) in [6, 6.07) is 23.6. The van der Waals surface area contributed by atoms with Gasteiger partial charge in [0.25, 0.3) is 0 Å². The summed E-state index contributed by atoms with van der Waals surface area (Å²) in [5.74, 6) is 0.326. The third-order valence-electron chi connectivity index (χ3n) is 6.34. The van der Waals surface area contributed by atoms with Gasteiger partial charge in [0.1, 0.15) is 5.75 Å². The minimum absolute atomic E-state index is 0.199. The second kappa shape index (κ2) is 4.85. The Bertz CT molecular complexity index is 1030. The number of ether oxygens (including phenoxy) is 1. The lowest BCUT2D eigenvalue weighted by Gasteiger charge is -2.54. The maximum absolute atomic E-state index is 11.5. The molecular formula is C24H20O2. The fourth-order valence-corrected chi connectivity index (χ4v) is 5.18. The molecule has 2 nitrogen and oxygen atoms in total. The molecule has 0 N–H and O–H groups in total. The maximum atomic E-state index is 11.5. The first-order chi connectivity index (χ1) is 12.5. The minimum Gasteiger partial charge on any atom is -0.427 e.